The number of carbonyl (C=O) groups excluding carboxylic acids is 2. The number of nitrogens with one attached hydrogen (secondary N) is 1. The average Bonchev–Trinajstić information content (AvgIpc) is 2.88. The van der Waals surface area contributed by atoms with Crippen molar-refractivity contribution in [1.29, 1.82) is 0 Å². The lowest BCUT2D eigenvalue weighted by atomic mass is 9.93. The van der Waals surface area contributed by atoms with Gasteiger partial charge < -0.3 is 10.1 Å². The summed E-state index contributed by atoms with van der Waals surface area (Å²) in [5.41, 5.74) is 5.00. The summed E-state index contributed by atoms with van der Waals surface area (Å²) in [5.74, 6) is -0.891. The minimum absolute atomic E-state index is 0.111. The summed E-state index contributed by atoms with van der Waals surface area (Å²) < 4.78 is 5.55. The smallest absolute Gasteiger partial charge is 0.344 e. The molecule has 1 amide bonds. The molecule has 0 unspecified atom stereocenters. The molecule has 0 aliphatic heterocycles. The first-order valence-corrected chi connectivity index (χ1v) is 10.6. The van der Waals surface area contributed by atoms with Crippen molar-refractivity contribution >= 4 is 22.6 Å². The Bertz CT molecular complexity index is 1320. The largest absolute Gasteiger partial charge is 0.457 e. The number of hydrogen-bond donors (Lipinski definition) is 1. The minimum Gasteiger partial charge on any atom is -0.457 e. The Labute approximate surface area is 192 Å². The van der Waals surface area contributed by atoms with Gasteiger partial charge in [0.15, 0.2) is 0 Å². The van der Waals surface area contributed by atoms with E-state index in [1.54, 1.807) is 24.3 Å². The molecule has 0 fully saturated rings. The van der Waals surface area contributed by atoms with Crippen molar-refractivity contribution in [2.75, 3.05) is 0 Å². The van der Waals surface area contributed by atoms with Crippen LogP contribution in [0.1, 0.15) is 27.5 Å². The second kappa shape index (κ2) is 10.3. The number of fused-ring (bicyclic) bond motifs is 1. The zero-order valence-electron chi connectivity index (χ0n) is 18.0. The zero-order valence-corrected chi connectivity index (χ0v) is 18.0. The zero-order chi connectivity index (χ0) is 23.0. The van der Waals surface area contributed by atoms with Crippen LogP contribution in [0.5, 0.6) is 0 Å². The van der Waals surface area contributed by atoms with Gasteiger partial charge in [-0.25, -0.2) is 4.79 Å². The molecule has 0 aromatic heterocycles. The van der Waals surface area contributed by atoms with Gasteiger partial charge in [0, 0.05) is 5.56 Å². The van der Waals surface area contributed by atoms with Crippen LogP contribution in [0.3, 0.4) is 0 Å². The Hall–Kier alpha value is -4.40. The molecule has 1 N–H and O–H groups in total. The molecule has 0 aliphatic rings. The van der Waals surface area contributed by atoms with Crippen molar-refractivity contribution < 1.29 is 14.3 Å². The van der Waals surface area contributed by atoms with Crippen LogP contribution >= 0.6 is 0 Å². The molecule has 1 atom stereocenters. The van der Waals surface area contributed by atoms with E-state index in [2.05, 4.69) is 17.6 Å². The van der Waals surface area contributed by atoms with Crippen molar-refractivity contribution in [3.05, 3.63) is 138 Å². The molecule has 0 heterocycles. The SMILES string of the molecule is C=C=C(C(=O)OCc1ccccc1)[C@@H](NC(=O)c1ccccc1)c1cccc2ccccc12. The Morgan fingerprint density at radius 2 is 1.45 bits per heavy atom. The maximum atomic E-state index is 13.1. The molecular formula is C29H23NO3. The minimum atomic E-state index is -0.787. The molecule has 0 saturated heterocycles. The van der Waals surface area contributed by atoms with Crippen LogP contribution in [-0.4, -0.2) is 11.9 Å². The normalized spacial score (nSPS) is 11.3. The number of rotatable bonds is 7. The third-order valence-electron chi connectivity index (χ3n) is 5.36. The van der Waals surface area contributed by atoms with E-state index in [-0.39, 0.29) is 18.1 Å². The van der Waals surface area contributed by atoms with Crippen LogP contribution in [-0.2, 0) is 16.1 Å². The van der Waals surface area contributed by atoms with Gasteiger partial charge in [-0.3, -0.25) is 4.79 Å². The van der Waals surface area contributed by atoms with E-state index in [1.165, 1.54) is 0 Å². The molecular weight excluding hydrogens is 410 g/mol. The van der Waals surface area contributed by atoms with Crippen molar-refractivity contribution in [3.8, 4) is 0 Å². The molecule has 4 aromatic rings. The summed E-state index contributed by atoms with van der Waals surface area (Å²) in [6.07, 6.45) is 0. The Balaban J connectivity index is 1.70. The van der Waals surface area contributed by atoms with Crippen molar-refractivity contribution in [3.63, 3.8) is 0 Å². The van der Waals surface area contributed by atoms with Crippen LogP contribution in [0.2, 0.25) is 0 Å². The lowest BCUT2D eigenvalue weighted by Gasteiger charge is -2.22. The Morgan fingerprint density at radius 1 is 0.818 bits per heavy atom. The van der Waals surface area contributed by atoms with E-state index in [1.807, 2.05) is 78.9 Å². The van der Waals surface area contributed by atoms with Gasteiger partial charge in [-0.15, -0.1) is 5.73 Å². The fourth-order valence-electron chi connectivity index (χ4n) is 3.70. The highest BCUT2D eigenvalue weighted by Crippen LogP contribution is 2.30. The highest BCUT2D eigenvalue weighted by atomic mass is 16.5. The van der Waals surface area contributed by atoms with Crippen LogP contribution in [0.25, 0.3) is 10.8 Å². The maximum Gasteiger partial charge on any atom is 0.344 e. The summed E-state index contributed by atoms with van der Waals surface area (Å²) in [6, 6.07) is 31.1. The van der Waals surface area contributed by atoms with Crippen LogP contribution in [0.4, 0.5) is 0 Å². The monoisotopic (exact) mass is 433 g/mol. The van der Waals surface area contributed by atoms with E-state index in [0.717, 1.165) is 21.9 Å². The van der Waals surface area contributed by atoms with E-state index in [0.29, 0.717) is 5.56 Å². The van der Waals surface area contributed by atoms with Crippen LogP contribution in [0, 0.1) is 0 Å². The number of esters is 1. The summed E-state index contributed by atoms with van der Waals surface area (Å²) in [6.45, 7) is 3.84. The molecule has 162 valence electrons. The van der Waals surface area contributed by atoms with E-state index >= 15 is 0 Å². The predicted octanol–water partition coefficient (Wildman–Crippen LogP) is 5.77. The first-order valence-electron chi connectivity index (χ1n) is 10.6. The predicted molar refractivity (Wildman–Crippen MR) is 129 cm³/mol. The van der Waals surface area contributed by atoms with Crippen LogP contribution < -0.4 is 5.32 Å². The first-order chi connectivity index (χ1) is 16.2. The highest BCUT2D eigenvalue weighted by Gasteiger charge is 2.27. The number of benzene rings is 4. The number of hydrogen-bond acceptors (Lipinski definition) is 3. The molecule has 4 aromatic carbocycles. The third kappa shape index (κ3) is 5.09. The first kappa shape index (κ1) is 21.8. The van der Waals surface area contributed by atoms with Gasteiger partial charge in [-0.2, -0.15) is 0 Å². The van der Waals surface area contributed by atoms with Crippen molar-refractivity contribution in [2.24, 2.45) is 0 Å². The Kier molecular flexibility index (Phi) is 6.79. The molecule has 0 aliphatic carbocycles. The number of ether oxygens (including phenoxy) is 1. The Morgan fingerprint density at radius 3 is 2.18 bits per heavy atom. The third-order valence-corrected chi connectivity index (χ3v) is 5.36. The molecule has 4 rings (SSSR count). The molecule has 0 saturated carbocycles. The van der Waals surface area contributed by atoms with Gasteiger partial charge >= 0.3 is 5.97 Å². The summed E-state index contributed by atoms with van der Waals surface area (Å²) >= 11 is 0. The molecule has 0 bridgehead atoms. The fraction of sp³-hybridized carbons (Fsp3) is 0.0690. The van der Waals surface area contributed by atoms with Gasteiger partial charge in [0.05, 0.1) is 6.04 Å². The average molecular weight is 434 g/mol. The van der Waals surface area contributed by atoms with Gasteiger partial charge in [0.2, 0.25) is 0 Å². The molecule has 4 nitrogen and oxygen atoms in total. The summed E-state index contributed by atoms with van der Waals surface area (Å²) in [7, 11) is 0. The van der Waals surface area contributed by atoms with Crippen LogP contribution in [0.15, 0.2) is 121 Å². The molecule has 0 spiro atoms. The van der Waals surface area contributed by atoms with Gasteiger partial charge in [0.25, 0.3) is 5.91 Å². The standard InChI is InChI=1S/C29H23NO3/c1-2-24(29(32)33-20-21-12-5-3-6-13-21)27(30-28(31)23-15-7-4-8-16-23)26-19-11-17-22-14-9-10-18-25(22)26/h3-19,27H,1,20H2,(H,30,31)/t27-/m1/s1. The van der Waals surface area contributed by atoms with Gasteiger partial charge in [0.1, 0.15) is 12.2 Å². The topological polar surface area (TPSA) is 55.4 Å². The van der Waals surface area contributed by atoms with E-state index in [9.17, 15) is 9.59 Å². The highest BCUT2D eigenvalue weighted by molar-refractivity contribution is 5.98. The number of carbonyl (C=O) groups is 2. The van der Waals surface area contributed by atoms with Crippen molar-refractivity contribution in [2.45, 2.75) is 12.6 Å². The molecule has 0 radical (unpaired) electrons. The quantitative estimate of drug-likeness (QED) is 0.229. The second-order valence-electron chi connectivity index (χ2n) is 7.49. The lowest BCUT2D eigenvalue weighted by molar-refractivity contribution is -0.140. The van der Waals surface area contributed by atoms with Crippen molar-refractivity contribution in [1.82, 2.24) is 5.32 Å². The van der Waals surface area contributed by atoms with Gasteiger partial charge in [-0.05, 0) is 34.0 Å². The molecule has 4 heteroatoms. The van der Waals surface area contributed by atoms with E-state index < -0.39 is 12.0 Å². The molecule has 33 heavy (non-hydrogen) atoms. The second-order valence-corrected chi connectivity index (χ2v) is 7.49. The summed E-state index contributed by atoms with van der Waals surface area (Å²) in [4.78, 5) is 26.2. The van der Waals surface area contributed by atoms with E-state index in [4.69, 9.17) is 4.74 Å². The summed E-state index contributed by atoms with van der Waals surface area (Å²) in [5, 5.41) is 4.91. The maximum absolute atomic E-state index is 13.1. The fourth-order valence-corrected chi connectivity index (χ4v) is 3.70. The lowest BCUT2D eigenvalue weighted by Crippen LogP contribution is -2.32. The van der Waals surface area contributed by atoms with Gasteiger partial charge in [-0.1, -0.05) is 97.6 Å². The number of amides is 1.